The second-order valence-electron chi connectivity index (χ2n) is 9.05. The first-order valence-electron chi connectivity index (χ1n) is 12.6. The zero-order chi connectivity index (χ0) is 25.7. The van der Waals surface area contributed by atoms with Gasteiger partial charge in [-0.2, -0.15) is 0 Å². The van der Waals surface area contributed by atoms with Crippen molar-refractivity contribution in [3.8, 4) is 0 Å². The van der Waals surface area contributed by atoms with Crippen molar-refractivity contribution in [2.24, 2.45) is 0 Å². The molecule has 0 amide bonds. The normalized spacial score (nSPS) is 11.1. The molecule has 0 saturated heterocycles. The number of aromatic nitrogens is 3. The van der Waals surface area contributed by atoms with Crippen molar-refractivity contribution in [1.29, 1.82) is 0 Å². The summed E-state index contributed by atoms with van der Waals surface area (Å²) in [6.45, 7) is 8.60. The molecule has 1 aromatic carbocycles. The Morgan fingerprint density at radius 3 is 0.833 bits per heavy atom. The van der Waals surface area contributed by atoms with Crippen LogP contribution in [0.4, 0.5) is 0 Å². The molecule has 3 heterocycles. The molecule has 0 atom stereocenters. The minimum atomic E-state index is -0.00294. The summed E-state index contributed by atoms with van der Waals surface area (Å²) in [5.74, 6) is 0. The highest BCUT2D eigenvalue weighted by atomic mass is 16.1. The molecule has 36 heavy (non-hydrogen) atoms. The maximum absolute atomic E-state index is 11.7. The maximum Gasteiger partial charge on any atom is 0.181 e. The van der Waals surface area contributed by atoms with E-state index >= 15 is 0 Å². The fourth-order valence-electron chi connectivity index (χ4n) is 5.14. The van der Waals surface area contributed by atoms with E-state index in [4.69, 9.17) is 0 Å². The molecule has 0 aliphatic heterocycles. The fraction of sp³-hybridized carbons (Fsp3) is 0.300. The van der Waals surface area contributed by atoms with Gasteiger partial charge in [-0.25, -0.2) is 0 Å². The molecule has 0 aliphatic rings. The average Bonchev–Trinajstić information content (AvgIpc) is 2.88. The van der Waals surface area contributed by atoms with E-state index < -0.39 is 0 Å². The summed E-state index contributed by atoms with van der Waals surface area (Å²) in [5, 5.41) is 0. The van der Waals surface area contributed by atoms with Crippen LogP contribution in [-0.2, 0) is 38.9 Å². The lowest BCUT2D eigenvalue weighted by Crippen LogP contribution is -2.19. The molecule has 0 N–H and O–H groups in total. The number of rotatable bonds is 9. The van der Waals surface area contributed by atoms with Gasteiger partial charge < -0.3 is 13.7 Å². The highest BCUT2D eigenvalue weighted by Gasteiger charge is 2.22. The SMILES string of the molecule is CCc1c(Cn2ccc(=O)cc2)c(CC)c(Cn2ccc(=O)cc2)c(CC)c1Cn1ccc(=O)cc1. The van der Waals surface area contributed by atoms with E-state index in [-0.39, 0.29) is 16.3 Å². The molecule has 6 heteroatoms. The molecule has 0 spiro atoms. The highest BCUT2D eigenvalue weighted by molar-refractivity contribution is 5.53. The topological polar surface area (TPSA) is 66.0 Å². The van der Waals surface area contributed by atoms with Crippen LogP contribution in [-0.4, -0.2) is 13.7 Å². The van der Waals surface area contributed by atoms with Crippen molar-refractivity contribution in [2.45, 2.75) is 59.7 Å². The Bertz CT molecular complexity index is 1280. The average molecular weight is 484 g/mol. The summed E-state index contributed by atoms with van der Waals surface area (Å²) < 4.78 is 6.19. The predicted octanol–water partition coefficient (Wildman–Crippen LogP) is 4.00. The van der Waals surface area contributed by atoms with Crippen LogP contribution in [0.25, 0.3) is 0 Å². The predicted molar refractivity (Wildman–Crippen MR) is 144 cm³/mol. The van der Waals surface area contributed by atoms with Gasteiger partial charge in [0.05, 0.1) is 0 Å². The van der Waals surface area contributed by atoms with Crippen LogP contribution < -0.4 is 16.3 Å². The third-order valence-corrected chi connectivity index (χ3v) is 6.85. The molecule has 0 radical (unpaired) electrons. The first-order valence-corrected chi connectivity index (χ1v) is 12.6. The molecular formula is C30H33N3O3. The summed E-state index contributed by atoms with van der Waals surface area (Å²) in [4.78, 5) is 35.1. The van der Waals surface area contributed by atoms with Crippen molar-refractivity contribution in [3.05, 3.63) is 138 Å². The minimum Gasteiger partial charge on any atom is -0.350 e. The first-order chi connectivity index (χ1) is 17.4. The van der Waals surface area contributed by atoms with Crippen molar-refractivity contribution in [2.75, 3.05) is 0 Å². The Labute approximate surface area is 211 Å². The Morgan fingerprint density at radius 1 is 0.417 bits per heavy atom. The highest BCUT2D eigenvalue weighted by Crippen LogP contribution is 2.32. The van der Waals surface area contributed by atoms with Crippen LogP contribution in [0.5, 0.6) is 0 Å². The standard InChI is InChI=1S/C30H33N3O3/c1-4-25-28(19-31-13-7-22(34)8-14-31)26(5-2)30(21-33-17-11-24(36)12-18-33)27(6-3)29(25)20-32-15-9-23(35)10-16-32/h7-18H,4-6,19-21H2,1-3H3. The third kappa shape index (κ3) is 5.48. The molecule has 0 saturated carbocycles. The molecule has 0 fully saturated rings. The van der Waals surface area contributed by atoms with Gasteiger partial charge in [-0.3, -0.25) is 14.4 Å². The van der Waals surface area contributed by atoms with Gasteiger partial charge in [0.15, 0.2) is 16.3 Å². The molecule has 0 aliphatic carbocycles. The summed E-state index contributed by atoms with van der Waals surface area (Å²) in [6, 6.07) is 9.58. The smallest absolute Gasteiger partial charge is 0.181 e. The Morgan fingerprint density at radius 2 is 0.639 bits per heavy atom. The fourth-order valence-corrected chi connectivity index (χ4v) is 5.14. The molecule has 3 aromatic heterocycles. The number of nitrogens with zero attached hydrogens (tertiary/aromatic N) is 3. The quantitative estimate of drug-likeness (QED) is 0.361. The van der Waals surface area contributed by atoms with Crippen LogP contribution in [0.1, 0.15) is 54.2 Å². The molecular weight excluding hydrogens is 450 g/mol. The Kier molecular flexibility index (Phi) is 7.84. The van der Waals surface area contributed by atoms with E-state index in [1.807, 2.05) is 37.2 Å². The van der Waals surface area contributed by atoms with E-state index in [0.717, 1.165) is 19.3 Å². The number of benzene rings is 1. The third-order valence-electron chi connectivity index (χ3n) is 6.85. The lowest BCUT2D eigenvalue weighted by Gasteiger charge is -2.27. The van der Waals surface area contributed by atoms with Crippen molar-refractivity contribution < 1.29 is 0 Å². The van der Waals surface area contributed by atoms with E-state index in [2.05, 4.69) is 34.5 Å². The zero-order valence-corrected chi connectivity index (χ0v) is 21.2. The Hall–Kier alpha value is -3.93. The summed E-state index contributed by atoms with van der Waals surface area (Å²) in [7, 11) is 0. The van der Waals surface area contributed by atoms with E-state index in [1.54, 1.807) is 36.4 Å². The molecule has 4 rings (SSSR count). The second kappa shape index (κ2) is 11.2. The number of hydrogen-bond acceptors (Lipinski definition) is 3. The van der Waals surface area contributed by atoms with Gasteiger partial charge in [0, 0.05) is 93.2 Å². The van der Waals surface area contributed by atoms with Crippen LogP contribution in [0.3, 0.4) is 0 Å². The number of hydrogen-bond donors (Lipinski definition) is 0. The van der Waals surface area contributed by atoms with Gasteiger partial charge in [-0.05, 0) is 52.6 Å². The molecule has 0 unspecified atom stereocenters. The summed E-state index contributed by atoms with van der Waals surface area (Å²) in [6.07, 6.45) is 13.7. The molecule has 4 aromatic rings. The van der Waals surface area contributed by atoms with E-state index in [0.29, 0.717) is 19.6 Å². The molecule has 6 nitrogen and oxygen atoms in total. The van der Waals surface area contributed by atoms with Gasteiger partial charge >= 0.3 is 0 Å². The monoisotopic (exact) mass is 483 g/mol. The van der Waals surface area contributed by atoms with Crippen molar-refractivity contribution in [3.63, 3.8) is 0 Å². The largest absolute Gasteiger partial charge is 0.350 e. The second-order valence-corrected chi connectivity index (χ2v) is 9.05. The van der Waals surface area contributed by atoms with Crippen molar-refractivity contribution >= 4 is 0 Å². The van der Waals surface area contributed by atoms with Gasteiger partial charge in [0.1, 0.15) is 0 Å². The molecule has 0 bridgehead atoms. The van der Waals surface area contributed by atoms with Crippen molar-refractivity contribution in [1.82, 2.24) is 13.7 Å². The first kappa shape index (κ1) is 25.2. The lowest BCUT2D eigenvalue weighted by atomic mass is 9.83. The minimum absolute atomic E-state index is 0.00294. The summed E-state index contributed by atoms with van der Waals surface area (Å²) in [5.41, 5.74) is 7.82. The number of pyridine rings is 3. The van der Waals surface area contributed by atoms with E-state index in [9.17, 15) is 14.4 Å². The zero-order valence-electron chi connectivity index (χ0n) is 21.2. The van der Waals surface area contributed by atoms with E-state index in [1.165, 1.54) is 33.4 Å². The Balaban J connectivity index is 1.95. The summed E-state index contributed by atoms with van der Waals surface area (Å²) >= 11 is 0. The van der Waals surface area contributed by atoms with Crippen LogP contribution in [0.2, 0.25) is 0 Å². The van der Waals surface area contributed by atoms with Gasteiger partial charge in [-0.1, -0.05) is 20.8 Å². The van der Waals surface area contributed by atoms with Crippen LogP contribution >= 0.6 is 0 Å². The van der Waals surface area contributed by atoms with Gasteiger partial charge in [0.25, 0.3) is 0 Å². The van der Waals surface area contributed by atoms with Crippen LogP contribution in [0.15, 0.2) is 88.0 Å². The molecule has 186 valence electrons. The van der Waals surface area contributed by atoms with Crippen LogP contribution in [0, 0.1) is 0 Å². The van der Waals surface area contributed by atoms with Gasteiger partial charge in [0.2, 0.25) is 0 Å². The lowest BCUT2D eigenvalue weighted by molar-refractivity contribution is 0.710. The van der Waals surface area contributed by atoms with Gasteiger partial charge in [-0.15, -0.1) is 0 Å². The maximum atomic E-state index is 11.7.